The van der Waals surface area contributed by atoms with Gasteiger partial charge >= 0.3 is 0 Å². The Morgan fingerprint density at radius 2 is 1.48 bits per heavy atom. The zero-order valence-corrected chi connectivity index (χ0v) is 21.0. The lowest BCUT2D eigenvalue weighted by Crippen LogP contribution is -2.57. The first-order valence-corrected chi connectivity index (χ1v) is 12.3. The number of unbranched alkanes of at least 4 members (excludes halogenated alkanes) is 2. The van der Waals surface area contributed by atoms with Crippen LogP contribution in [-0.2, 0) is 0 Å². The van der Waals surface area contributed by atoms with E-state index in [4.69, 9.17) is 4.74 Å². The van der Waals surface area contributed by atoms with Crippen LogP contribution in [0.4, 0.5) is 8.78 Å². The molecule has 1 fully saturated rings. The first kappa shape index (κ1) is 26.1. The highest BCUT2D eigenvalue weighted by molar-refractivity contribution is 5.34. The first-order valence-electron chi connectivity index (χ1n) is 12.3. The van der Waals surface area contributed by atoms with Gasteiger partial charge in [-0.2, -0.15) is 4.39 Å². The monoisotopic (exact) mass is 435 g/mol. The molecule has 1 aromatic carbocycles. The molecule has 3 heteroatoms. The minimum Gasteiger partial charge on any atom is -0.483 e. The second-order valence-electron chi connectivity index (χ2n) is 11.7. The summed E-state index contributed by atoms with van der Waals surface area (Å²) in [4.78, 5) is 0. The molecule has 0 N–H and O–H groups in total. The SMILES string of the molecule is [CH2]CC(Oc1ccc(C2CCC(CCCCC)CC2)c(F)c1F)(C(C)(C)C)C(C)(C)C. The van der Waals surface area contributed by atoms with Gasteiger partial charge in [0.15, 0.2) is 11.6 Å². The number of hydrogen-bond acceptors (Lipinski definition) is 1. The summed E-state index contributed by atoms with van der Waals surface area (Å²) in [6, 6.07) is 3.40. The van der Waals surface area contributed by atoms with E-state index in [1.807, 2.05) is 0 Å². The topological polar surface area (TPSA) is 9.23 Å². The van der Waals surface area contributed by atoms with Crippen LogP contribution in [-0.4, -0.2) is 5.60 Å². The van der Waals surface area contributed by atoms with Crippen molar-refractivity contribution in [3.8, 4) is 5.75 Å². The van der Waals surface area contributed by atoms with Crippen molar-refractivity contribution in [1.29, 1.82) is 0 Å². The number of hydrogen-bond donors (Lipinski definition) is 0. The maximum absolute atomic E-state index is 15.2. The Hall–Kier alpha value is -1.12. The van der Waals surface area contributed by atoms with Crippen molar-refractivity contribution in [3.05, 3.63) is 36.3 Å². The largest absolute Gasteiger partial charge is 0.483 e. The Kier molecular flexibility index (Phi) is 8.61. The molecule has 0 aromatic heterocycles. The van der Waals surface area contributed by atoms with E-state index in [9.17, 15) is 0 Å². The summed E-state index contributed by atoms with van der Waals surface area (Å²) in [6.07, 6.45) is 9.68. The molecule has 1 aliphatic carbocycles. The Labute approximate surface area is 190 Å². The van der Waals surface area contributed by atoms with Gasteiger partial charge in [-0.25, -0.2) is 4.39 Å². The molecule has 1 nitrogen and oxygen atoms in total. The van der Waals surface area contributed by atoms with Crippen LogP contribution in [0.2, 0.25) is 0 Å². The van der Waals surface area contributed by atoms with Gasteiger partial charge in [0.25, 0.3) is 0 Å². The fourth-order valence-electron chi connectivity index (χ4n) is 5.81. The van der Waals surface area contributed by atoms with E-state index in [-0.39, 0.29) is 22.5 Å². The molecule has 1 aromatic rings. The summed E-state index contributed by atoms with van der Waals surface area (Å²) in [6.45, 7) is 18.8. The highest BCUT2D eigenvalue weighted by Gasteiger charge is 2.52. The normalized spacial score (nSPS) is 20.7. The van der Waals surface area contributed by atoms with Crippen LogP contribution < -0.4 is 4.74 Å². The molecule has 0 unspecified atom stereocenters. The van der Waals surface area contributed by atoms with Crippen LogP contribution in [0.3, 0.4) is 0 Å². The fraction of sp³-hybridized carbons (Fsp3) is 0.750. The van der Waals surface area contributed by atoms with Crippen LogP contribution in [0, 0.1) is 35.3 Å². The van der Waals surface area contributed by atoms with Gasteiger partial charge in [0.1, 0.15) is 5.60 Å². The fourth-order valence-corrected chi connectivity index (χ4v) is 5.81. The second kappa shape index (κ2) is 10.2. The minimum absolute atomic E-state index is 0.00278. The Morgan fingerprint density at radius 1 is 0.903 bits per heavy atom. The molecule has 0 saturated heterocycles. The van der Waals surface area contributed by atoms with E-state index >= 15 is 8.78 Å². The summed E-state index contributed by atoms with van der Waals surface area (Å²) in [5.74, 6) is -0.729. The third-order valence-corrected chi connectivity index (χ3v) is 7.64. The number of halogens is 2. The lowest BCUT2D eigenvalue weighted by atomic mass is 9.61. The summed E-state index contributed by atoms with van der Waals surface area (Å²) in [5.41, 5.74) is -0.815. The van der Waals surface area contributed by atoms with Crippen molar-refractivity contribution in [2.75, 3.05) is 0 Å². The molecule has 0 amide bonds. The average molecular weight is 436 g/mol. The van der Waals surface area contributed by atoms with Gasteiger partial charge in [-0.15, -0.1) is 0 Å². The molecule has 1 radical (unpaired) electrons. The van der Waals surface area contributed by atoms with Gasteiger partial charge in [-0.1, -0.05) is 80.2 Å². The number of rotatable bonds is 8. The van der Waals surface area contributed by atoms with Crippen molar-refractivity contribution in [2.24, 2.45) is 16.7 Å². The minimum atomic E-state index is -0.853. The van der Waals surface area contributed by atoms with Crippen LogP contribution >= 0.6 is 0 Å². The molecule has 0 aliphatic heterocycles. The van der Waals surface area contributed by atoms with Gasteiger partial charge in [-0.05, 0) is 62.5 Å². The van der Waals surface area contributed by atoms with Crippen molar-refractivity contribution >= 4 is 0 Å². The molecule has 0 bridgehead atoms. The Morgan fingerprint density at radius 3 is 1.97 bits per heavy atom. The molecule has 1 saturated carbocycles. The summed E-state index contributed by atoms with van der Waals surface area (Å²) in [7, 11) is 0. The van der Waals surface area contributed by atoms with E-state index in [0.29, 0.717) is 12.0 Å². The second-order valence-corrected chi connectivity index (χ2v) is 11.7. The average Bonchev–Trinajstić information content (AvgIpc) is 2.68. The molecule has 31 heavy (non-hydrogen) atoms. The summed E-state index contributed by atoms with van der Waals surface area (Å²) < 4.78 is 36.7. The van der Waals surface area contributed by atoms with Crippen LogP contribution in [0.1, 0.15) is 118 Å². The predicted octanol–water partition coefficient (Wildman–Crippen LogP) is 9.25. The zero-order valence-electron chi connectivity index (χ0n) is 21.0. The van der Waals surface area contributed by atoms with Gasteiger partial charge < -0.3 is 4.74 Å². The van der Waals surface area contributed by atoms with Crippen molar-refractivity contribution < 1.29 is 13.5 Å². The van der Waals surface area contributed by atoms with Gasteiger partial charge in [0.05, 0.1) is 0 Å². The quantitative estimate of drug-likeness (QED) is 0.370. The molecular formula is C28H45F2O. The zero-order chi connectivity index (χ0) is 23.4. The lowest BCUT2D eigenvalue weighted by molar-refractivity contribution is -0.114. The van der Waals surface area contributed by atoms with Crippen LogP contribution in [0.25, 0.3) is 0 Å². The van der Waals surface area contributed by atoms with E-state index < -0.39 is 17.2 Å². The van der Waals surface area contributed by atoms with Gasteiger partial charge in [0.2, 0.25) is 5.82 Å². The van der Waals surface area contributed by atoms with Gasteiger partial charge in [0, 0.05) is 10.8 Å². The molecule has 0 spiro atoms. The molecule has 0 atom stereocenters. The third-order valence-electron chi connectivity index (χ3n) is 7.64. The molecular weight excluding hydrogens is 390 g/mol. The van der Waals surface area contributed by atoms with E-state index in [1.54, 1.807) is 12.1 Å². The van der Waals surface area contributed by atoms with Crippen LogP contribution in [0.5, 0.6) is 5.75 Å². The van der Waals surface area contributed by atoms with E-state index in [1.165, 1.54) is 25.7 Å². The highest BCUT2D eigenvalue weighted by Crippen LogP contribution is 2.50. The van der Waals surface area contributed by atoms with E-state index in [2.05, 4.69) is 55.4 Å². The van der Waals surface area contributed by atoms with Crippen molar-refractivity contribution in [3.63, 3.8) is 0 Å². The number of ether oxygens (including phenoxy) is 1. The predicted molar refractivity (Wildman–Crippen MR) is 127 cm³/mol. The standard InChI is InChI=1S/C28H45F2O/c1-9-11-12-13-20-14-16-21(17-15-20)22-18-19-23(25(30)24(22)29)31-28(10-2,26(3,4)5)27(6,7)8/h18-21H,2,9-17H2,1,3-8H3. The smallest absolute Gasteiger partial charge is 0.200 e. The highest BCUT2D eigenvalue weighted by atomic mass is 19.2. The Bertz CT molecular complexity index is 689. The lowest BCUT2D eigenvalue weighted by Gasteiger charge is -2.52. The maximum atomic E-state index is 15.2. The van der Waals surface area contributed by atoms with Gasteiger partial charge in [-0.3, -0.25) is 0 Å². The molecule has 2 rings (SSSR count). The maximum Gasteiger partial charge on any atom is 0.200 e. The Balaban J connectivity index is 2.21. The van der Waals surface area contributed by atoms with Crippen molar-refractivity contribution in [1.82, 2.24) is 0 Å². The van der Waals surface area contributed by atoms with Crippen molar-refractivity contribution in [2.45, 2.75) is 118 Å². The summed E-state index contributed by atoms with van der Waals surface area (Å²) in [5, 5.41) is 0. The van der Waals surface area contributed by atoms with Crippen LogP contribution in [0.15, 0.2) is 12.1 Å². The first-order chi connectivity index (χ1) is 14.4. The molecule has 177 valence electrons. The third kappa shape index (κ3) is 5.63. The van der Waals surface area contributed by atoms with E-state index in [0.717, 1.165) is 31.6 Å². The number of benzene rings is 1. The molecule has 1 aliphatic rings. The summed E-state index contributed by atoms with van der Waals surface area (Å²) >= 11 is 0. The molecule has 0 heterocycles.